The lowest BCUT2D eigenvalue weighted by Crippen LogP contribution is -2.44. The first-order chi connectivity index (χ1) is 12.9. The lowest BCUT2D eigenvalue weighted by Gasteiger charge is -2.30. The number of β-amino-alcohol motifs (C(OH)–C–C–N with tert-alkyl or cyclic N) is 1. The SMILES string of the molecule is CC(C)(C)c1cc(C(O)CN2CCNCC2)ccc1OCc1ccccc1. The molecule has 1 saturated heterocycles. The van der Waals surface area contributed by atoms with Crippen molar-refractivity contribution in [2.24, 2.45) is 0 Å². The number of hydrogen-bond donors (Lipinski definition) is 2. The first-order valence-corrected chi connectivity index (χ1v) is 9.86. The molecule has 2 aromatic carbocycles. The van der Waals surface area contributed by atoms with Gasteiger partial charge in [-0.2, -0.15) is 0 Å². The van der Waals surface area contributed by atoms with Crippen LogP contribution in [-0.2, 0) is 12.0 Å². The fraction of sp³-hybridized carbons (Fsp3) is 0.478. The maximum absolute atomic E-state index is 10.8. The van der Waals surface area contributed by atoms with Crippen LogP contribution in [0, 0.1) is 0 Å². The van der Waals surface area contributed by atoms with E-state index in [1.165, 1.54) is 0 Å². The number of aliphatic hydroxyl groups is 1. The second-order valence-electron chi connectivity index (χ2n) is 8.35. The van der Waals surface area contributed by atoms with Crippen molar-refractivity contribution in [1.82, 2.24) is 10.2 Å². The van der Waals surface area contributed by atoms with Gasteiger partial charge >= 0.3 is 0 Å². The van der Waals surface area contributed by atoms with Gasteiger partial charge in [-0.05, 0) is 34.2 Å². The van der Waals surface area contributed by atoms with E-state index in [1.54, 1.807) is 0 Å². The van der Waals surface area contributed by atoms with Crippen molar-refractivity contribution in [1.29, 1.82) is 0 Å². The summed E-state index contributed by atoms with van der Waals surface area (Å²) in [6.45, 7) is 11.7. The van der Waals surface area contributed by atoms with E-state index in [9.17, 15) is 5.11 Å². The van der Waals surface area contributed by atoms with Gasteiger partial charge in [0.25, 0.3) is 0 Å². The molecule has 1 atom stereocenters. The van der Waals surface area contributed by atoms with Crippen molar-refractivity contribution in [3.05, 3.63) is 65.2 Å². The van der Waals surface area contributed by atoms with Crippen molar-refractivity contribution < 1.29 is 9.84 Å². The van der Waals surface area contributed by atoms with Gasteiger partial charge in [-0.25, -0.2) is 0 Å². The number of benzene rings is 2. The van der Waals surface area contributed by atoms with E-state index < -0.39 is 6.10 Å². The van der Waals surface area contributed by atoms with Crippen molar-refractivity contribution in [3.63, 3.8) is 0 Å². The van der Waals surface area contributed by atoms with Gasteiger partial charge in [-0.15, -0.1) is 0 Å². The number of nitrogens with one attached hydrogen (secondary N) is 1. The summed E-state index contributed by atoms with van der Waals surface area (Å²) in [6.07, 6.45) is -0.479. The van der Waals surface area contributed by atoms with Gasteiger partial charge < -0.3 is 15.2 Å². The minimum Gasteiger partial charge on any atom is -0.489 e. The molecule has 1 heterocycles. The van der Waals surface area contributed by atoms with E-state index in [0.717, 1.165) is 48.6 Å². The quantitative estimate of drug-likeness (QED) is 0.819. The molecule has 0 radical (unpaired) electrons. The summed E-state index contributed by atoms with van der Waals surface area (Å²) in [4.78, 5) is 2.32. The van der Waals surface area contributed by atoms with Crippen molar-refractivity contribution in [3.8, 4) is 5.75 Å². The van der Waals surface area contributed by atoms with Gasteiger partial charge in [0.1, 0.15) is 12.4 Å². The molecule has 2 N–H and O–H groups in total. The molecule has 0 spiro atoms. The van der Waals surface area contributed by atoms with E-state index >= 15 is 0 Å². The summed E-state index contributed by atoms with van der Waals surface area (Å²) in [7, 11) is 0. The highest BCUT2D eigenvalue weighted by Gasteiger charge is 2.22. The highest BCUT2D eigenvalue weighted by atomic mass is 16.5. The molecule has 0 amide bonds. The Morgan fingerprint density at radius 3 is 2.44 bits per heavy atom. The van der Waals surface area contributed by atoms with Crippen LogP contribution >= 0.6 is 0 Å². The normalized spacial score (nSPS) is 16.9. The Hall–Kier alpha value is -1.88. The first kappa shape index (κ1) is 19.9. The molecular formula is C23H32N2O2. The molecule has 27 heavy (non-hydrogen) atoms. The predicted octanol–water partition coefficient (Wildman–Crippen LogP) is 3.50. The number of ether oxygens (including phenoxy) is 1. The maximum Gasteiger partial charge on any atom is 0.123 e. The Bertz CT molecular complexity index is 719. The largest absolute Gasteiger partial charge is 0.489 e. The Labute approximate surface area is 163 Å². The van der Waals surface area contributed by atoms with E-state index in [-0.39, 0.29) is 5.41 Å². The Kier molecular flexibility index (Phi) is 6.53. The van der Waals surface area contributed by atoms with Crippen molar-refractivity contribution in [2.45, 2.75) is 38.9 Å². The molecule has 2 aromatic rings. The number of aliphatic hydroxyl groups excluding tert-OH is 1. The zero-order valence-electron chi connectivity index (χ0n) is 16.7. The third-order valence-electron chi connectivity index (χ3n) is 5.07. The van der Waals surface area contributed by atoms with Gasteiger partial charge in [0.2, 0.25) is 0 Å². The lowest BCUT2D eigenvalue weighted by atomic mass is 9.84. The van der Waals surface area contributed by atoms with Crippen LogP contribution in [0.2, 0.25) is 0 Å². The summed E-state index contributed by atoms with van der Waals surface area (Å²) < 4.78 is 6.13. The van der Waals surface area contributed by atoms with Crippen LogP contribution in [0.25, 0.3) is 0 Å². The molecule has 146 valence electrons. The summed E-state index contributed by atoms with van der Waals surface area (Å²) in [6, 6.07) is 16.3. The second kappa shape index (κ2) is 8.87. The molecule has 3 rings (SSSR count). The average Bonchev–Trinajstić information content (AvgIpc) is 2.67. The van der Waals surface area contributed by atoms with Crippen molar-refractivity contribution >= 4 is 0 Å². The molecule has 4 nitrogen and oxygen atoms in total. The molecule has 1 aliphatic rings. The topological polar surface area (TPSA) is 44.7 Å². The summed E-state index contributed by atoms with van der Waals surface area (Å²) >= 11 is 0. The zero-order valence-corrected chi connectivity index (χ0v) is 16.7. The molecular weight excluding hydrogens is 336 g/mol. The lowest BCUT2D eigenvalue weighted by molar-refractivity contribution is 0.105. The van der Waals surface area contributed by atoms with Gasteiger partial charge in [-0.1, -0.05) is 57.2 Å². The van der Waals surface area contributed by atoms with E-state index in [1.807, 2.05) is 30.3 Å². The van der Waals surface area contributed by atoms with Gasteiger partial charge in [0, 0.05) is 32.7 Å². The second-order valence-corrected chi connectivity index (χ2v) is 8.35. The minimum absolute atomic E-state index is 0.0587. The fourth-order valence-corrected chi connectivity index (χ4v) is 3.45. The highest BCUT2D eigenvalue weighted by Crippen LogP contribution is 2.34. The van der Waals surface area contributed by atoms with Crippen LogP contribution in [0.1, 0.15) is 43.6 Å². The average molecular weight is 369 g/mol. The van der Waals surface area contributed by atoms with Gasteiger partial charge in [-0.3, -0.25) is 4.90 Å². The highest BCUT2D eigenvalue weighted by molar-refractivity contribution is 5.42. The Morgan fingerprint density at radius 1 is 1.07 bits per heavy atom. The van der Waals surface area contributed by atoms with E-state index in [0.29, 0.717) is 13.2 Å². The van der Waals surface area contributed by atoms with E-state index in [4.69, 9.17) is 4.74 Å². The van der Waals surface area contributed by atoms with Gasteiger partial charge in [0.15, 0.2) is 0 Å². The molecule has 1 aliphatic heterocycles. The fourth-order valence-electron chi connectivity index (χ4n) is 3.45. The first-order valence-electron chi connectivity index (χ1n) is 9.86. The van der Waals surface area contributed by atoms with Crippen LogP contribution in [0.3, 0.4) is 0 Å². The summed E-state index contributed by atoms with van der Waals surface area (Å²) in [5.74, 6) is 0.893. The number of hydrogen-bond acceptors (Lipinski definition) is 4. The maximum atomic E-state index is 10.8. The molecule has 0 bridgehead atoms. The Balaban J connectivity index is 1.74. The van der Waals surface area contributed by atoms with Crippen LogP contribution in [0.15, 0.2) is 48.5 Å². The van der Waals surface area contributed by atoms with Crippen LogP contribution in [0.5, 0.6) is 5.75 Å². The van der Waals surface area contributed by atoms with Crippen LogP contribution < -0.4 is 10.1 Å². The molecule has 0 aromatic heterocycles. The zero-order chi connectivity index (χ0) is 19.3. The number of rotatable bonds is 6. The van der Waals surface area contributed by atoms with Crippen LogP contribution in [0.4, 0.5) is 0 Å². The predicted molar refractivity (Wildman–Crippen MR) is 110 cm³/mol. The summed E-state index contributed by atoms with van der Waals surface area (Å²) in [5.41, 5.74) is 3.19. The van der Waals surface area contributed by atoms with Crippen molar-refractivity contribution in [2.75, 3.05) is 32.7 Å². The molecule has 0 saturated carbocycles. The third kappa shape index (κ3) is 5.55. The number of nitrogens with zero attached hydrogens (tertiary/aromatic N) is 1. The monoisotopic (exact) mass is 368 g/mol. The minimum atomic E-state index is -0.479. The molecule has 1 unspecified atom stereocenters. The van der Waals surface area contributed by atoms with Gasteiger partial charge in [0.05, 0.1) is 6.10 Å². The third-order valence-corrected chi connectivity index (χ3v) is 5.07. The summed E-state index contributed by atoms with van der Waals surface area (Å²) in [5, 5.41) is 14.1. The standard InChI is InChI=1S/C23H32N2O2/c1-23(2,3)20-15-19(21(26)16-25-13-11-24-12-14-25)9-10-22(20)27-17-18-7-5-4-6-8-18/h4-10,15,21,24,26H,11-14,16-17H2,1-3H3. The smallest absolute Gasteiger partial charge is 0.123 e. The molecule has 0 aliphatic carbocycles. The van der Waals surface area contributed by atoms with Crippen LogP contribution in [-0.4, -0.2) is 42.7 Å². The molecule has 4 heteroatoms. The number of piperazine rings is 1. The van der Waals surface area contributed by atoms with E-state index in [2.05, 4.69) is 49.2 Å². The molecule has 1 fully saturated rings. The Morgan fingerprint density at radius 2 is 1.78 bits per heavy atom.